The molecule has 0 heterocycles. The van der Waals surface area contributed by atoms with Crippen molar-refractivity contribution in [2.24, 2.45) is 0 Å². The van der Waals surface area contributed by atoms with E-state index in [4.69, 9.17) is 0 Å². The van der Waals surface area contributed by atoms with Gasteiger partial charge in [-0.1, -0.05) is 44.9 Å². The summed E-state index contributed by atoms with van der Waals surface area (Å²) >= 11 is 0. The Balaban J connectivity index is 2.16. The lowest BCUT2D eigenvalue weighted by Gasteiger charge is -2.33. The van der Waals surface area contributed by atoms with E-state index in [0.29, 0.717) is 12.5 Å². The average molecular weight is 442 g/mol. The van der Waals surface area contributed by atoms with Gasteiger partial charge < -0.3 is 4.74 Å². The Hall–Kier alpha value is -2.06. The first-order valence-electron chi connectivity index (χ1n) is 9.57. The second kappa shape index (κ2) is 8.98. The summed E-state index contributed by atoms with van der Waals surface area (Å²) in [5.74, 6) is -13.2. The average Bonchev–Trinajstić information content (AvgIpc) is 2.65. The van der Waals surface area contributed by atoms with Crippen LogP contribution < -0.4 is 4.74 Å². The Morgan fingerprint density at radius 1 is 0.800 bits per heavy atom. The summed E-state index contributed by atoms with van der Waals surface area (Å²) in [6.45, 7) is 3.26. The fourth-order valence-electron chi connectivity index (χ4n) is 3.17. The van der Waals surface area contributed by atoms with Crippen molar-refractivity contribution in [3.05, 3.63) is 52.6 Å². The van der Waals surface area contributed by atoms with Crippen LogP contribution in [0.15, 0.2) is 35.4 Å². The van der Waals surface area contributed by atoms with Crippen LogP contribution in [0.4, 0.5) is 35.1 Å². The van der Waals surface area contributed by atoms with Gasteiger partial charge in [0.15, 0.2) is 11.6 Å². The fraction of sp³-hybridized carbons (Fsp3) is 0.524. The molecule has 0 N–H and O–H groups in total. The molecule has 0 bridgehead atoms. The molecule has 9 heteroatoms. The Bertz CT molecular complexity index is 827. The highest BCUT2D eigenvalue weighted by Crippen LogP contribution is 2.50. The lowest BCUT2D eigenvalue weighted by Crippen LogP contribution is -2.45. The highest BCUT2D eigenvalue weighted by atomic mass is 19.3. The van der Waals surface area contributed by atoms with E-state index in [1.54, 1.807) is 13.8 Å². The predicted octanol–water partition coefficient (Wildman–Crippen LogP) is 7.61. The molecule has 0 radical (unpaired) electrons. The molecule has 1 aromatic carbocycles. The highest BCUT2D eigenvalue weighted by molar-refractivity contribution is 5.38. The van der Waals surface area contributed by atoms with Crippen LogP contribution in [0.3, 0.4) is 0 Å². The predicted molar refractivity (Wildman–Crippen MR) is 96.1 cm³/mol. The van der Waals surface area contributed by atoms with Crippen molar-refractivity contribution in [3.63, 3.8) is 0 Å². The van der Waals surface area contributed by atoms with Gasteiger partial charge in [0.1, 0.15) is 0 Å². The van der Waals surface area contributed by atoms with Crippen LogP contribution in [0.1, 0.15) is 51.5 Å². The van der Waals surface area contributed by atoms with Gasteiger partial charge in [-0.15, -0.1) is 0 Å². The van der Waals surface area contributed by atoms with Gasteiger partial charge in [-0.3, -0.25) is 0 Å². The maximum Gasteiger partial charge on any atom is 0.398 e. The fourth-order valence-corrected chi connectivity index (χ4v) is 3.17. The van der Waals surface area contributed by atoms with Crippen LogP contribution in [-0.4, -0.2) is 18.0 Å². The molecule has 0 aromatic heterocycles. The summed E-state index contributed by atoms with van der Waals surface area (Å²) in [5.41, 5.74) is -1.97. The van der Waals surface area contributed by atoms with Gasteiger partial charge in [0.25, 0.3) is 0 Å². The van der Waals surface area contributed by atoms with Crippen molar-refractivity contribution in [1.82, 2.24) is 0 Å². The van der Waals surface area contributed by atoms with Crippen molar-refractivity contribution in [1.29, 1.82) is 0 Å². The molecule has 2 rings (SSSR count). The van der Waals surface area contributed by atoms with E-state index in [1.807, 2.05) is 0 Å². The molecule has 0 fully saturated rings. The topological polar surface area (TPSA) is 9.23 Å². The molecule has 168 valence electrons. The van der Waals surface area contributed by atoms with Crippen LogP contribution in [0.25, 0.3) is 0 Å². The van der Waals surface area contributed by atoms with E-state index in [-0.39, 0.29) is 24.8 Å². The smallest absolute Gasteiger partial charge is 0.398 e. The zero-order valence-corrected chi connectivity index (χ0v) is 16.5. The molecule has 0 amide bonds. The van der Waals surface area contributed by atoms with Crippen LogP contribution in [0.5, 0.6) is 5.75 Å². The number of alkyl halides is 6. The second-order valence-corrected chi connectivity index (χ2v) is 7.12. The zero-order chi connectivity index (χ0) is 22.7. The second-order valence-electron chi connectivity index (χ2n) is 7.12. The molecule has 30 heavy (non-hydrogen) atoms. The van der Waals surface area contributed by atoms with Crippen molar-refractivity contribution in [2.75, 3.05) is 0 Å². The van der Waals surface area contributed by atoms with Gasteiger partial charge in [-0.05, 0) is 30.9 Å². The molecule has 0 unspecified atom stereocenters. The van der Waals surface area contributed by atoms with Crippen LogP contribution in [0, 0.1) is 11.6 Å². The Kier molecular flexibility index (Phi) is 7.24. The van der Waals surface area contributed by atoms with Crippen molar-refractivity contribution >= 4 is 0 Å². The van der Waals surface area contributed by atoms with E-state index < -0.39 is 59.3 Å². The van der Waals surface area contributed by atoms with Gasteiger partial charge in [-0.2, -0.15) is 30.7 Å². The number of hydrogen-bond acceptors (Lipinski definition) is 1. The summed E-state index contributed by atoms with van der Waals surface area (Å²) in [7, 11) is 0. The minimum atomic E-state index is -4.64. The minimum Gasteiger partial charge on any atom is -0.429 e. The lowest BCUT2D eigenvalue weighted by atomic mass is 9.86. The molecule has 1 nitrogen and oxygen atoms in total. The first kappa shape index (κ1) is 24.2. The molecular weight excluding hydrogens is 420 g/mol. The number of benzene rings is 1. The van der Waals surface area contributed by atoms with Crippen LogP contribution >= 0.6 is 0 Å². The molecule has 1 aliphatic carbocycles. The third-order valence-corrected chi connectivity index (χ3v) is 4.80. The lowest BCUT2D eigenvalue weighted by molar-refractivity contribution is -0.188. The van der Waals surface area contributed by atoms with Gasteiger partial charge in [0.2, 0.25) is 5.82 Å². The SMILES string of the molecule is CCCC1=CC=C(CCC(F)(F)Oc2ccc(CCC)c(F)c2F)C(F)(F)C1(F)F. The summed E-state index contributed by atoms with van der Waals surface area (Å²) in [6, 6.07) is 1.91. The maximum absolute atomic E-state index is 14.2. The van der Waals surface area contributed by atoms with Gasteiger partial charge >= 0.3 is 18.0 Å². The van der Waals surface area contributed by atoms with E-state index in [2.05, 4.69) is 4.74 Å². The van der Waals surface area contributed by atoms with Gasteiger partial charge in [0.05, 0.1) is 6.42 Å². The molecule has 0 atom stereocenters. The first-order valence-corrected chi connectivity index (χ1v) is 9.57. The molecule has 0 spiro atoms. The summed E-state index contributed by atoms with van der Waals surface area (Å²) in [5, 5.41) is 0. The molecule has 0 aliphatic heterocycles. The quantitative estimate of drug-likeness (QED) is 0.358. The highest BCUT2D eigenvalue weighted by Gasteiger charge is 2.61. The first-order chi connectivity index (χ1) is 13.9. The normalized spacial score (nSPS) is 18.1. The monoisotopic (exact) mass is 442 g/mol. The van der Waals surface area contributed by atoms with Crippen molar-refractivity contribution in [3.8, 4) is 5.75 Å². The Morgan fingerprint density at radius 3 is 1.87 bits per heavy atom. The van der Waals surface area contributed by atoms with Crippen LogP contribution in [-0.2, 0) is 6.42 Å². The summed E-state index contributed by atoms with van der Waals surface area (Å²) in [6.07, 6.45) is -4.56. The largest absolute Gasteiger partial charge is 0.429 e. The summed E-state index contributed by atoms with van der Waals surface area (Å²) in [4.78, 5) is 0. The standard InChI is InChI=1S/C21H22F8O/c1-3-5-13-7-10-16(18(23)17(13)22)30-19(24,25)12-11-15-9-8-14(6-4-2)20(26,27)21(15,28)29/h7-10H,3-6,11-12H2,1-2H3. The van der Waals surface area contributed by atoms with E-state index in [9.17, 15) is 35.1 Å². The van der Waals surface area contributed by atoms with Gasteiger partial charge in [-0.25, -0.2) is 4.39 Å². The van der Waals surface area contributed by atoms with E-state index in [1.165, 1.54) is 0 Å². The molecule has 0 saturated carbocycles. The van der Waals surface area contributed by atoms with Crippen molar-refractivity contribution in [2.45, 2.75) is 70.3 Å². The van der Waals surface area contributed by atoms with Crippen molar-refractivity contribution < 1.29 is 39.9 Å². The third-order valence-electron chi connectivity index (χ3n) is 4.80. The minimum absolute atomic E-state index is 0.0189. The van der Waals surface area contributed by atoms with E-state index in [0.717, 1.165) is 18.2 Å². The summed E-state index contributed by atoms with van der Waals surface area (Å²) < 4.78 is 117. The van der Waals surface area contributed by atoms with Crippen LogP contribution in [0.2, 0.25) is 0 Å². The molecule has 1 aliphatic rings. The molecular formula is C21H22F8O. The van der Waals surface area contributed by atoms with Gasteiger partial charge in [0, 0.05) is 11.1 Å². The number of allylic oxidation sites excluding steroid dienone is 4. The Labute approximate surface area is 169 Å². The third kappa shape index (κ3) is 4.81. The number of hydrogen-bond donors (Lipinski definition) is 0. The Morgan fingerprint density at radius 2 is 1.33 bits per heavy atom. The number of aryl methyl sites for hydroxylation is 1. The number of ether oxygens (including phenoxy) is 1. The van der Waals surface area contributed by atoms with E-state index >= 15 is 0 Å². The number of rotatable bonds is 9. The maximum atomic E-state index is 14.2. The number of halogens is 8. The molecule has 1 aromatic rings. The molecule has 0 saturated heterocycles. The zero-order valence-electron chi connectivity index (χ0n) is 16.5.